The first-order chi connectivity index (χ1) is 24.2. The zero-order valence-corrected chi connectivity index (χ0v) is 28.1. The Balaban J connectivity index is 0.000000564. The Morgan fingerprint density at radius 2 is 1.62 bits per heavy atom. The maximum Gasteiger partial charge on any atom is 0.490 e. The van der Waals surface area contributed by atoms with Crippen LogP contribution in [0.4, 0.5) is 32.2 Å². The van der Waals surface area contributed by atoms with Gasteiger partial charge in [-0.15, -0.1) is 0 Å². The number of anilines is 1. The number of pyridine rings is 1. The van der Waals surface area contributed by atoms with Gasteiger partial charge >= 0.3 is 24.3 Å². The second-order valence-corrected chi connectivity index (χ2v) is 10.8. The van der Waals surface area contributed by atoms with Crippen LogP contribution in [0.5, 0.6) is 11.5 Å². The van der Waals surface area contributed by atoms with Gasteiger partial charge in [0.2, 0.25) is 0 Å². The number of carboxylic acid groups (broad SMARTS) is 2. The summed E-state index contributed by atoms with van der Waals surface area (Å²) in [5.74, 6) is 2.27. The molecule has 52 heavy (non-hydrogen) atoms. The van der Waals surface area contributed by atoms with Crippen LogP contribution in [-0.2, 0) is 22.6 Å². The summed E-state index contributed by atoms with van der Waals surface area (Å²) in [6.07, 6.45) is -6.80. The number of aliphatic carboxylic acids is 2. The molecule has 0 aliphatic carbocycles. The molecule has 0 radical (unpaired) electrons. The molecule has 0 unspecified atom stereocenters. The molecule has 1 aromatic carbocycles. The Labute approximate surface area is 291 Å². The Kier molecular flexibility index (Phi) is 15.2. The molecule has 6 N–H and O–H groups in total. The standard InChI is InChI=1S/C27H33N7O4.2C2HF3O2/c1-5-34-24-21(37-16-6-14-29-15-12-18-7-9-19(36-4)10-8-18)17-30-20(11-13-27(2,3)35)22(24)31-26(34)23-25(28)33-38-32-23;2*3-2(4,5)1(6)7/h7-10,17,29,35H,5-6,12,14-16H2,1-4H3,(H2,28,33);2*(H,6,7). The fraction of sp³-hybridized carbons (Fsp3) is 0.419. The van der Waals surface area contributed by atoms with Gasteiger partial charge in [-0.05, 0) is 80.6 Å². The molecule has 3 heterocycles. The highest BCUT2D eigenvalue weighted by molar-refractivity contribution is 5.89. The Morgan fingerprint density at radius 3 is 2.10 bits per heavy atom. The number of methoxy groups -OCH3 is 1. The van der Waals surface area contributed by atoms with Crippen molar-refractivity contribution in [3.05, 3.63) is 41.7 Å². The van der Waals surface area contributed by atoms with E-state index in [0.717, 1.165) is 31.7 Å². The first kappa shape index (κ1) is 42.5. The number of imidazole rings is 1. The fourth-order valence-electron chi connectivity index (χ4n) is 3.89. The number of hydrogen-bond donors (Lipinski definition) is 5. The van der Waals surface area contributed by atoms with E-state index in [1.807, 2.05) is 23.6 Å². The molecule has 0 atom stereocenters. The molecule has 0 spiro atoms. The molecule has 284 valence electrons. The SMILES string of the molecule is CCn1c(-c2nonc2N)nc2c(C#CC(C)(C)O)ncc(OCCCNCCc3ccc(OC)cc3)c21.O=C(O)C(F)(F)F.O=C(O)C(F)(F)F. The normalized spacial score (nSPS) is 11.4. The minimum atomic E-state index is -5.08. The van der Waals surface area contributed by atoms with Crippen LogP contribution in [0.2, 0.25) is 0 Å². The topological polar surface area (TPSA) is 221 Å². The molecule has 0 bridgehead atoms. The number of alkyl halides is 6. The lowest BCUT2D eigenvalue weighted by atomic mass is 10.1. The predicted octanol–water partition coefficient (Wildman–Crippen LogP) is 4.08. The molecular formula is C31H35F6N7O8. The van der Waals surface area contributed by atoms with Crippen molar-refractivity contribution in [2.75, 3.05) is 32.5 Å². The maximum absolute atomic E-state index is 10.6. The number of carbonyl (C=O) groups is 2. The number of ether oxygens (including phenoxy) is 2. The molecule has 0 saturated heterocycles. The first-order valence-electron chi connectivity index (χ1n) is 15.0. The summed E-state index contributed by atoms with van der Waals surface area (Å²) in [5, 5.41) is 35.4. The minimum absolute atomic E-state index is 0.135. The van der Waals surface area contributed by atoms with E-state index in [0.29, 0.717) is 47.1 Å². The van der Waals surface area contributed by atoms with Crippen molar-refractivity contribution in [3.63, 3.8) is 0 Å². The van der Waals surface area contributed by atoms with Crippen molar-refractivity contribution in [2.45, 2.75) is 58.1 Å². The van der Waals surface area contributed by atoms with Crippen LogP contribution in [0.1, 0.15) is 38.4 Å². The number of carboxylic acids is 2. The Bertz CT molecular complexity index is 1820. The van der Waals surface area contributed by atoms with E-state index in [1.165, 1.54) is 5.56 Å². The van der Waals surface area contributed by atoms with Gasteiger partial charge in [0.25, 0.3) is 0 Å². The maximum atomic E-state index is 10.6. The van der Waals surface area contributed by atoms with Gasteiger partial charge in [-0.2, -0.15) is 26.3 Å². The van der Waals surface area contributed by atoms with Crippen molar-refractivity contribution < 1.29 is 65.4 Å². The third kappa shape index (κ3) is 13.3. The van der Waals surface area contributed by atoms with Crippen LogP contribution < -0.4 is 20.5 Å². The smallest absolute Gasteiger partial charge is 0.490 e. The van der Waals surface area contributed by atoms with Gasteiger partial charge < -0.3 is 40.4 Å². The Hall–Kier alpha value is -5.62. The van der Waals surface area contributed by atoms with E-state index in [-0.39, 0.29) is 5.82 Å². The van der Waals surface area contributed by atoms with E-state index >= 15 is 0 Å². The Morgan fingerprint density at radius 1 is 1.02 bits per heavy atom. The summed E-state index contributed by atoms with van der Waals surface area (Å²) in [6.45, 7) is 7.92. The molecule has 0 fully saturated rings. The number of aliphatic hydroxyl groups is 1. The minimum Gasteiger partial charge on any atom is -0.497 e. The molecule has 3 aromatic heterocycles. The average molecular weight is 748 g/mol. The quantitative estimate of drug-likeness (QED) is 0.0829. The van der Waals surface area contributed by atoms with E-state index in [1.54, 1.807) is 27.2 Å². The zero-order chi connectivity index (χ0) is 39.3. The number of nitrogens with one attached hydrogen (secondary N) is 1. The second kappa shape index (κ2) is 18.6. The van der Waals surface area contributed by atoms with Crippen molar-refractivity contribution in [2.24, 2.45) is 0 Å². The lowest BCUT2D eigenvalue weighted by molar-refractivity contribution is -0.193. The van der Waals surface area contributed by atoms with Gasteiger partial charge in [-0.1, -0.05) is 18.1 Å². The molecule has 0 amide bonds. The number of rotatable bonds is 11. The summed E-state index contributed by atoms with van der Waals surface area (Å²) in [4.78, 5) is 27.0. The molecule has 21 heteroatoms. The predicted molar refractivity (Wildman–Crippen MR) is 171 cm³/mol. The highest BCUT2D eigenvalue weighted by Crippen LogP contribution is 2.33. The monoisotopic (exact) mass is 747 g/mol. The third-order valence-corrected chi connectivity index (χ3v) is 6.25. The van der Waals surface area contributed by atoms with E-state index in [9.17, 15) is 31.4 Å². The number of aromatic nitrogens is 5. The summed E-state index contributed by atoms with van der Waals surface area (Å²) in [5.41, 5.74) is 8.01. The number of benzene rings is 1. The largest absolute Gasteiger partial charge is 0.497 e. The van der Waals surface area contributed by atoms with Gasteiger partial charge in [0.05, 0.1) is 19.9 Å². The van der Waals surface area contributed by atoms with Gasteiger partial charge in [-0.25, -0.2) is 24.2 Å². The molecular weight excluding hydrogens is 712 g/mol. The van der Waals surface area contributed by atoms with Crippen LogP contribution in [0, 0.1) is 11.8 Å². The number of fused-ring (bicyclic) bond motifs is 1. The summed E-state index contributed by atoms with van der Waals surface area (Å²) in [7, 11) is 1.67. The van der Waals surface area contributed by atoms with Crippen LogP contribution in [-0.4, -0.2) is 96.9 Å². The fourth-order valence-corrected chi connectivity index (χ4v) is 3.89. The van der Waals surface area contributed by atoms with Crippen molar-refractivity contribution >= 4 is 28.8 Å². The number of nitrogens with zero attached hydrogens (tertiary/aromatic N) is 5. The van der Waals surface area contributed by atoms with Crippen LogP contribution in [0.15, 0.2) is 35.1 Å². The van der Waals surface area contributed by atoms with Crippen LogP contribution in [0.25, 0.3) is 22.6 Å². The van der Waals surface area contributed by atoms with Gasteiger partial charge in [0.15, 0.2) is 23.1 Å². The third-order valence-electron chi connectivity index (χ3n) is 6.25. The molecule has 4 rings (SSSR count). The van der Waals surface area contributed by atoms with Crippen molar-refractivity contribution in [3.8, 4) is 34.9 Å². The van der Waals surface area contributed by atoms with Gasteiger partial charge in [0.1, 0.15) is 28.1 Å². The summed E-state index contributed by atoms with van der Waals surface area (Å²) in [6, 6.07) is 8.09. The van der Waals surface area contributed by atoms with Gasteiger partial charge in [0, 0.05) is 6.54 Å². The number of halogens is 6. The first-order valence-corrected chi connectivity index (χ1v) is 15.0. The molecule has 4 aromatic rings. The van der Waals surface area contributed by atoms with E-state index in [4.69, 9.17) is 44.6 Å². The van der Waals surface area contributed by atoms with Crippen LogP contribution >= 0.6 is 0 Å². The zero-order valence-electron chi connectivity index (χ0n) is 28.1. The molecule has 0 saturated carbocycles. The van der Waals surface area contributed by atoms with Crippen LogP contribution in [0.3, 0.4) is 0 Å². The molecule has 0 aliphatic rings. The average Bonchev–Trinajstić information content (AvgIpc) is 3.66. The van der Waals surface area contributed by atoms with Gasteiger partial charge in [-0.3, -0.25) is 0 Å². The van der Waals surface area contributed by atoms with E-state index in [2.05, 4.69) is 44.6 Å². The number of hydrogen-bond acceptors (Lipinski definition) is 12. The van der Waals surface area contributed by atoms with Crippen molar-refractivity contribution in [1.82, 2.24) is 30.2 Å². The lowest BCUT2D eigenvalue weighted by Crippen LogP contribution is -2.21. The van der Waals surface area contributed by atoms with Crippen molar-refractivity contribution in [1.29, 1.82) is 0 Å². The number of aryl methyl sites for hydroxylation is 1. The summed E-state index contributed by atoms with van der Waals surface area (Å²) >= 11 is 0. The lowest BCUT2D eigenvalue weighted by Gasteiger charge is -2.11. The molecule has 0 aliphatic heterocycles. The number of nitrogen functional groups attached to an aromatic ring is 1. The van der Waals surface area contributed by atoms with E-state index < -0.39 is 29.9 Å². The second-order valence-electron chi connectivity index (χ2n) is 10.8. The highest BCUT2D eigenvalue weighted by Gasteiger charge is 2.39. The highest BCUT2D eigenvalue weighted by atomic mass is 19.4. The summed E-state index contributed by atoms with van der Waals surface area (Å²) < 4.78 is 81.5. The number of nitrogens with two attached hydrogens (primary N) is 1. The molecule has 15 nitrogen and oxygen atoms in total.